The molecule has 0 aliphatic carbocycles. The zero-order valence-corrected chi connectivity index (χ0v) is 11.6. The minimum absolute atomic E-state index is 0.482. The Morgan fingerprint density at radius 2 is 2.06 bits per heavy atom. The molecule has 0 atom stereocenters. The van der Waals surface area contributed by atoms with E-state index in [1.54, 1.807) is 11.3 Å². The van der Waals surface area contributed by atoms with Crippen LogP contribution in [0.25, 0.3) is 0 Å². The van der Waals surface area contributed by atoms with E-state index in [4.69, 9.17) is 11.6 Å². The summed E-state index contributed by atoms with van der Waals surface area (Å²) >= 11 is 7.65. The molecule has 0 fully saturated rings. The smallest absolute Gasteiger partial charge is 0.155 e. The van der Waals surface area contributed by atoms with Crippen molar-refractivity contribution in [1.82, 2.24) is 10.2 Å². The van der Waals surface area contributed by atoms with Crippen molar-refractivity contribution >= 4 is 28.8 Å². The molecule has 2 aromatic heterocycles. The van der Waals surface area contributed by atoms with Gasteiger partial charge in [-0.15, -0.1) is 10.2 Å². The minimum atomic E-state index is 0.482. The highest BCUT2D eigenvalue weighted by atomic mass is 35.5. The Kier molecular flexibility index (Phi) is 3.64. The quantitative estimate of drug-likeness (QED) is 0.853. The summed E-state index contributed by atoms with van der Waals surface area (Å²) in [5.74, 6) is 0.887. The summed E-state index contributed by atoms with van der Waals surface area (Å²) in [6, 6.07) is 2.12. The molecule has 90 valence electrons. The van der Waals surface area contributed by atoms with Crippen LogP contribution in [0.1, 0.15) is 16.7 Å². The molecule has 0 unspecified atom stereocenters. The second kappa shape index (κ2) is 5.02. The fourth-order valence-corrected chi connectivity index (χ4v) is 2.50. The van der Waals surface area contributed by atoms with Crippen LogP contribution < -0.4 is 4.90 Å². The summed E-state index contributed by atoms with van der Waals surface area (Å²) in [5, 5.41) is 12.8. The predicted octanol–water partition coefficient (Wildman–Crippen LogP) is 3.44. The molecule has 2 rings (SSSR count). The SMILES string of the molecule is Cc1c(Cl)nnc(N(C)Cc2ccsc2)c1C. The highest BCUT2D eigenvalue weighted by molar-refractivity contribution is 7.07. The summed E-state index contributed by atoms with van der Waals surface area (Å²) in [6.07, 6.45) is 0. The van der Waals surface area contributed by atoms with Crippen LogP contribution >= 0.6 is 22.9 Å². The van der Waals surface area contributed by atoms with Crippen molar-refractivity contribution in [2.24, 2.45) is 0 Å². The average Bonchev–Trinajstić information content (AvgIpc) is 2.78. The second-order valence-corrected chi connectivity index (χ2v) is 5.19. The lowest BCUT2D eigenvalue weighted by Gasteiger charge is -2.20. The first-order chi connectivity index (χ1) is 8.09. The van der Waals surface area contributed by atoms with Gasteiger partial charge in [0.15, 0.2) is 11.0 Å². The summed E-state index contributed by atoms with van der Waals surface area (Å²) in [5.41, 5.74) is 3.36. The molecule has 5 heteroatoms. The van der Waals surface area contributed by atoms with Crippen LogP contribution in [0.4, 0.5) is 5.82 Å². The molecule has 0 aromatic carbocycles. The molecule has 0 amide bonds. The maximum absolute atomic E-state index is 5.94. The molecule has 0 bridgehead atoms. The van der Waals surface area contributed by atoms with Crippen LogP contribution in [0.15, 0.2) is 16.8 Å². The van der Waals surface area contributed by atoms with E-state index in [2.05, 4.69) is 31.9 Å². The van der Waals surface area contributed by atoms with E-state index in [9.17, 15) is 0 Å². The third-order valence-electron chi connectivity index (χ3n) is 2.80. The van der Waals surface area contributed by atoms with Gasteiger partial charge >= 0.3 is 0 Å². The Bertz CT molecular complexity index is 511. The summed E-state index contributed by atoms with van der Waals surface area (Å²) in [7, 11) is 2.02. The Morgan fingerprint density at radius 1 is 1.29 bits per heavy atom. The van der Waals surface area contributed by atoms with Crippen LogP contribution in [0.2, 0.25) is 5.15 Å². The number of aromatic nitrogens is 2. The monoisotopic (exact) mass is 267 g/mol. The lowest BCUT2D eigenvalue weighted by atomic mass is 10.2. The van der Waals surface area contributed by atoms with Crippen molar-refractivity contribution < 1.29 is 0 Å². The van der Waals surface area contributed by atoms with Crippen molar-refractivity contribution in [3.8, 4) is 0 Å². The molecular weight excluding hydrogens is 254 g/mol. The molecule has 0 N–H and O–H groups in total. The highest BCUT2D eigenvalue weighted by Gasteiger charge is 2.12. The normalized spacial score (nSPS) is 10.6. The van der Waals surface area contributed by atoms with E-state index in [1.807, 2.05) is 20.9 Å². The van der Waals surface area contributed by atoms with Gasteiger partial charge in [-0.25, -0.2) is 0 Å². The zero-order chi connectivity index (χ0) is 12.4. The standard InChI is InChI=1S/C12H14ClN3S/c1-8-9(2)12(15-14-11(8)13)16(3)6-10-4-5-17-7-10/h4-5,7H,6H2,1-3H3. The first-order valence-electron chi connectivity index (χ1n) is 5.31. The molecule has 3 nitrogen and oxygen atoms in total. The molecule has 17 heavy (non-hydrogen) atoms. The molecule has 0 saturated heterocycles. The van der Waals surface area contributed by atoms with Gasteiger partial charge < -0.3 is 4.90 Å². The number of nitrogens with zero attached hydrogens (tertiary/aromatic N) is 3. The van der Waals surface area contributed by atoms with Crippen molar-refractivity contribution in [3.63, 3.8) is 0 Å². The van der Waals surface area contributed by atoms with Crippen LogP contribution in [0, 0.1) is 13.8 Å². The molecule has 2 heterocycles. The van der Waals surface area contributed by atoms with Gasteiger partial charge in [0.05, 0.1) is 0 Å². The first-order valence-corrected chi connectivity index (χ1v) is 6.63. The second-order valence-electron chi connectivity index (χ2n) is 4.05. The van der Waals surface area contributed by atoms with Gasteiger partial charge in [0.1, 0.15) is 0 Å². The van der Waals surface area contributed by atoms with Crippen LogP contribution in [0.3, 0.4) is 0 Å². The molecule has 2 aromatic rings. The van der Waals surface area contributed by atoms with Crippen molar-refractivity contribution in [2.75, 3.05) is 11.9 Å². The van der Waals surface area contributed by atoms with E-state index < -0.39 is 0 Å². The predicted molar refractivity (Wildman–Crippen MR) is 72.9 cm³/mol. The number of hydrogen-bond donors (Lipinski definition) is 0. The third-order valence-corrected chi connectivity index (χ3v) is 3.89. The highest BCUT2D eigenvalue weighted by Crippen LogP contribution is 2.24. The van der Waals surface area contributed by atoms with Gasteiger partial charge in [-0.2, -0.15) is 11.3 Å². The molecule has 0 spiro atoms. The summed E-state index contributed by atoms with van der Waals surface area (Å²) < 4.78 is 0. The Hall–Kier alpha value is -1.13. The Morgan fingerprint density at radius 3 is 2.71 bits per heavy atom. The van der Waals surface area contributed by atoms with E-state index in [-0.39, 0.29) is 0 Å². The van der Waals surface area contributed by atoms with Gasteiger partial charge in [0.2, 0.25) is 0 Å². The maximum atomic E-state index is 5.94. The number of rotatable bonds is 3. The lowest BCUT2D eigenvalue weighted by Crippen LogP contribution is -2.19. The number of anilines is 1. The largest absolute Gasteiger partial charge is 0.354 e. The van der Waals surface area contributed by atoms with Crippen molar-refractivity contribution in [2.45, 2.75) is 20.4 Å². The molecule has 0 aliphatic heterocycles. The average molecular weight is 268 g/mol. The fourth-order valence-electron chi connectivity index (χ4n) is 1.66. The Balaban J connectivity index is 2.25. The summed E-state index contributed by atoms with van der Waals surface area (Å²) in [6.45, 7) is 4.82. The fraction of sp³-hybridized carbons (Fsp3) is 0.333. The third kappa shape index (κ3) is 2.58. The van der Waals surface area contributed by atoms with Crippen molar-refractivity contribution in [3.05, 3.63) is 38.7 Å². The topological polar surface area (TPSA) is 29.0 Å². The van der Waals surface area contributed by atoms with Crippen LogP contribution in [-0.4, -0.2) is 17.2 Å². The van der Waals surface area contributed by atoms with Crippen LogP contribution in [-0.2, 0) is 6.54 Å². The van der Waals surface area contributed by atoms with Crippen molar-refractivity contribution in [1.29, 1.82) is 0 Å². The number of halogens is 1. The summed E-state index contributed by atoms with van der Waals surface area (Å²) in [4.78, 5) is 2.09. The van der Waals surface area contributed by atoms with Gasteiger partial charge in [0, 0.05) is 13.6 Å². The Labute approximate surface area is 110 Å². The molecule has 0 radical (unpaired) electrons. The maximum Gasteiger partial charge on any atom is 0.155 e. The van der Waals surface area contributed by atoms with E-state index >= 15 is 0 Å². The van der Waals surface area contributed by atoms with Gasteiger partial charge in [-0.1, -0.05) is 11.6 Å². The molecule has 0 saturated carbocycles. The zero-order valence-electron chi connectivity index (χ0n) is 10.1. The number of thiophene rings is 1. The van der Waals surface area contributed by atoms with Crippen LogP contribution in [0.5, 0.6) is 0 Å². The van der Waals surface area contributed by atoms with E-state index in [0.29, 0.717) is 5.15 Å². The molecular formula is C12H14ClN3S. The van der Waals surface area contributed by atoms with Gasteiger partial charge in [0.25, 0.3) is 0 Å². The number of hydrogen-bond acceptors (Lipinski definition) is 4. The molecule has 0 aliphatic rings. The minimum Gasteiger partial charge on any atom is -0.354 e. The lowest BCUT2D eigenvalue weighted by molar-refractivity contribution is 0.855. The van der Waals surface area contributed by atoms with Gasteiger partial charge in [-0.3, -0.25) is 0 Å². The van der Waals surface area contributed by atoms with E-state index in [1.165, 1.54) is 5.56 Å². The van der Waals surface area contributed by atoms with E-state index in [0.717, 1.165) is 23.5 Å². The van der Waals surface area contributed by atoms with Gasteiger partial charge in [-0.05, 0) is 47.4 Å². The first kappa shape index (κ1) is 12.3.